The Hall–Kier alpha value is -1.38. The minimum absolute atomic E-state index is 0. The van der Waals surface area contributed by atoms with Crippen LogP contribution in [0.15, 0.2) is 18.3 Å². The highest BCUT2D eigenvalue weighted by molar-refractivity contribution is 7.20. The van der Waals surface area contributed by atoms with Crippen LogP contribution in [0.3, 0.4) is 0 Å². The summed E-state index contributed by atoms with van der Waals surface area (Å²) in [6.45, 7) is 1.94. The standard InChI is InChI=1S/C15H15Cl2N5OS.ClH/c1-6-2-3-20-9-4-7(8-5-10(16)24-14(8)17)12(18)13(11(6)9)21-15(19)22-23;/h2-3,5,7,13,18,23H,4H2,1H3,(H3,19,21,22);1H. The van der Waals surface area contributed by atoms with Crippen LogP contribution >= 0.6 is 46.9 Å². The van der Waals surface area contributed by atoms with Gasteiger partial charge in [-0.3, -0.25) is 15.6 Å². The highest BCUT2D eigenvalue weighted by atomic mass is 35.5. The van der Waals surface area contributed by atoms with E-state index in [1.807, 2.05) is 13.0 Å². The molecule has 0 radical (unpaired) electrons. The Morgan fingerprint density at radius 2 is 2.16 bits per heavy atom. The van der Waals surface area contributed by atoms with Crippen molar-refractivity contribution in [1.29, 1.82) is 10.8 Å². The maximum absolute atomic E-state index is 8.94. The molecule has 1 aliphatic carbocycles. The van der Waals surface area contributed by atoms with Crippen molar-refractivity contribution in [2.45, 2.75) is 25.3 Å². The van der Waals surface area contributed by atoms with Crippen molar-refractivity contribution in [3.05, 3.63) is 49.4 Å². The van der Waals surface area contributed by atoms with E-state index in [2.05, 4.69) is 10.3 Å². The number of nitrogens with zero attached hydrogens (tertiary/aromatic N) is 1. The molecule has 10 heteroatoms. The van der Waals surface area contributed by atoms with Gasteiger partial charge in [-0.25, -0.2) is 5.48 Å². The SMILES string of the molecule is Cc1ccnc2c1C(NC(=N)NO)C(=N)C(c1cc(Cl)sc1Cl)C2.Cl. The van der Waals surface area contributed by atoms with Gasteiger partial charge in [0, 0.05) is 35.5 Å². The van der Waals surface area contributed by atoms with E-state index in [0.717, 1.165) is 22.4 Å². The monoisotopic (exact) mass is 419 g/mol. The lowest BCUT2D eigenvalue weighted by molar-refractivity contribution is 0.228. The van der Waals surface area contributed by atoms with Gasteiger partial charge in [-0.1, -0.05) is 23.2 Å². The molecule has 2 unspecified atom stereocenters. The molecule has 2 heterocycles. The van der Waals surface area contributed by atoms with E-state index in [4.69, 9.17) is 39.2 Å². The zero-order chi connectivity index (χ0) is 17.4. The highest BCUT2D eigenvalue weighted by Crippen LogP contribution is 2.42. The molecular weight excluding hydrogens is 405 g/mol. The summed E-state index contributed by atoms with van der Waals surface area (Å²) in [6, 6.07) is 3.07. The first-order valence-corrected chi connectivity index (χ1v) is 8.72. The maximum atomic E-state index is 8.94. The normalized spacial score (nSPS) is 19.0. The van der Waals surface area contributed by atoms with E-state index >= 15 is 0 Å². The lowest BCUT2D eigenvalue weighted by Gasteiger charge is -2.33. The number of halogens is 3. The Balaban J connectivity index is 0.00000225. The largest absolute Gasteiger partial charge is 0.343 e. The van der Waals surface area contributed by atoms with E-state index in [1.165, 1.54) is 11.3 Å². The van der Waals surface area contributed by atoms with Gasteiger partial charge >= 0.3 is 0 Å². The summed E-state index contributed by atoms with van der Waals surface area (Å²) in [5.74, 6) is -0.568. The summed E-state index contributed by atoms with van der Waals surface area (Å²) in [7, 11) is 0. The third-order valence-corrected chi connectivity index (χ3v) is 5.64. The van der Waals surface area contributed by atoms with Gasteiger partial charge in [0.05, 0.1) is 14.7 Å². The predicted molar refractivity (Wildman–Crippen MR) is 103 cm³/mol. The van der Waals surface area contributed by atoms with E-state index < -0.39 is 6.04 Å². The molecule has 3 rings (SSSR count). The molecule has 0 saturated carbocycles. The Labute approximate surface area is 165 Å². The molecule has 0 saturated heterocycles. The fourth-order valence-electron chi connectivity index (χ4n) is 3.04. The molecule has 6 nitrogen and oxygen atoms in total. The third kappa shape index (κ3) is 3.75. The lowest BCUT2D eigenvalue weighted by Crippen LogP contribution is -2.44. The number of hydrogen-bond acceptors (Lipinski definition) is 5. The molecule has 0 bridgehead atoms. The second kappa shape index (κ2) is 7.88. The molecule has 1 aliphatic rings. The van der Waals surface area contributed by atoms with E-state index in [-0.39, 0.29) is 24.3 Å². The van der Waals surface area contributed by atoms with Crippen LogP contribution in [-0.2, 0) is 6.42 Å². The first-order valence-electron chi connectivity index (χ1n) is 7.15. The molecular formula is C15H16Cl3N5OS. The molecule has 0 spiro atoms. The number of fused-ring (bicyclic) bond motifs is 1. The summed E-state index contributed by atoms with van der Waals surface area (Å²) in [5, 5.41) is 28.1. The second-order valence-corrected chi connectivity index (χ2v) is 7.83. The summed E-state index contributed by atoms with van der Waals surface area (Å²) >= 11 is 13.6. The van der Waals surface area contributed by atoms with Gasteiger partial charge in [0.1, 0.15) is 0 Å². The minimum atomic E-state index is -0.575. The van der Waals surface area contributed by atoms with E-state index in [0.29, 0.717) is 20.8 Å². The Bertz CT molecular complexity index is 825. The first-order chi connectivity index (χ1) is 11.4. The van der Waals surface area contributed by atoms with Gasteiger partial charge < -0.3 is 10.7 Å². The number of guanidine groups is 1. The van der Waals surface area contributed by atoms with Crippen molar-refractivity contribution in [3.8, 4) is 0 Å². The number of thiophene rings is 1. The van der Waals surface area contributed by atoms with E-state index in [1.54, 1.807) is 17.7 Å². The molecule has 0 aromatic carbocycles. The number of aromatic nitrogens is 1. The molecule has 5 N–H and O–H groups in total. The lowest BCUT2D eigenvalue weighted by atomic mass is 9.77. The van der Waals surface area contributed by atoms with Crippen LogP contribution in [0, 0.1) is 17.7 Å². The van der Waals surface area contributed by atoms with Crippen LogP contribution in [-0.4, -0.2) is 21.9 Å². The van der Waals surface area contributed by atoms with Crippen LogP contribution in [0.5, 0.6) is 0 Å². The molecule has 0 amide bonds. The summed E-state index contributed by atoms with van der Waals surface area (Å²) in [5.41, 5.74) is 5.59. The second-order valence-electron chi connectivity index (χ2n) is 5.54. The van der Waals surface area contributed by atoms with Gasteiger partial charge in [0.15, 0.2) is 0 Å². The Kier molecular flexibility index (Phi) is 6.29. The zero-order valence-electron chi connectivity index (χ0n) is 13.1. The maximum Gasteiger partial charge on any atom is 0.213 e. The quantitative estimate of drug-likeness (QED) is 0.287. The molecule has 2 atom stereocenters. The third-order valence-electron chi connectivity index (χ3n) is 4.12. The van der Waals surface area contributed by atoms with Crippen LogP contribution in [0.25, 0.3) is 0 Å². The molecule has 0 aliphatic heterocycles. The van der Waals surface area contributed by atoms with Crippen molar-refractivity contribution in [2.75, 3.05) is 0 Å². The number of aryl methyl sites for hydroxylation is 1. The summed E-state index contributed by atoms with van der Waals surface area (Å²) in [6.07, 6.45) is 2.27. The molecule has 134 valence electrons. The molecule has 0 fully saturated rings. The van der Waals surface area contributed by atoms with Crippen molar-refractivity contribution in [3.63, 3.8) is 0 Å². The number of rotatable bonds is 2. The van der Waals surface area contributed by atoms with E-state index in [9.17, 15) is 0 Å². The van der Waals surface area contributed by atoms with Crippen LogP contribution in [0.4, 0.5) is 0 Å². The van der Waals surface area contributed by atoms with Crippen LogP contribution in [0.2, 0.25) is 8.67 Å². The summed E-state index contributed by atoms with van der Waals surface area (Å²) in [4.78, 5) is 4.45. The smallest absolute Gasteiger partial charge is 0.213 e. The van der Waals surface area contributed by atoms with Crippen molar-refractivity contribution >= 4 is 58.6 Å². The van der Waals surface area contributed by atoms with Gasteiger partial charge in [-0.15, -0.1) is 23.7 Å². The average molecular weight is 421 g/mol. The van der Waals surface area contributed by atoms with Crippen LogP contribution in [0.1, 0.15) is 34.3 Å². The fourth-order valence-corrected chi connectivity index (χ4v) is 4.62. The van der Waals surface area contributed by atoms with Crippen molar-refractivity contribution in [1.82, 2.24) is 15.8 Å². The van der Waals surface area contributed by atoms with Gasteiger partial charge in [-0.05, 0) is 30.2 Å². The molecule has 2 aromatic rings. The predicted octanol–water partition coefficient (Wildman–Crippen LogP) is 4.08. The van der Waals surface area contributed by atoms with Crippen molar-refractivity contribution in [2.24, 2.45) is 0 Å². The Morgan fingerprint density at radius 3 is 2.76 bits per heavy atom. The first kappa shape index (κ1) is 19.9. The fraction of sp³-hybridized carbons (Fsp3) is 0.267. The van der Waals surface area contributed by atoms with Crippen molar-refractivity contribution < 1.29 is 5.21 Å². The van der Waals surface area contributed by atoms with Gasteiger partial charge in [0.25, 0.3) is 0 Å². The number of pyridine rings is 1. The number of hydroxylamine groups is 1. The zero-order valence-corrected chi connectivity index (χ0v) is 16.2. The average Bonchev–Trinajstić information content (AvgIpc) is 2.88. The highest BCUT2D eigenvalue weighted by Gasteiger charge is 2.36. The molecule has 25 heavy (non-hydrogen) atoms. The number of nitrogens with one attached hydrogen (secondary N) is 4. The molecule has 2 aromatic heterocycles. The van der Waals surface area contributed by atoms with Crippen LogP contribution < -0.4 is 10.8 Å². The van der Waals surface area contributed by atoms with Gasteiger partial charge in [-0.2, -0.15) is 0 Å². The topological polar surface area (TPSA) is 105 Å². The minimum Gasteiger partial charge on any atom is -0.343 e. The Morgan fingerprint density at radius 1 is 1.44 bits per heavy atom. The summed E-state index contributed by atoms with van der Waals surface area (Å²) < 4.78 is 1.13. The van der Waals surface area contributed by atoms with Gasteiger partial charge in [0.2, 0.25) is 5.96 Å². The number of hydrogen-bond donors (Lipinski definition) is 5.